The molecule has 5 aromatic rings. The van der Waals surface area contributed by atoms with Gasteiger partial charge >= 0.3 is 0 Å². The normalized spacial score (nSPS) is 11.7. The molecule has 6 rings (SSSR count). The average molecular weight is 398 g/mol. The van der Waals surface area contributed by atoms with Crippen molar-refractivity contribution in [3.05, 3.63) is 102 Å². The number of rotatable bonds is 2. The van der Waals surface area contributed by atoms with Crippen LogP contribution in [0, 0.1) is 20.8 Å². The Hall–Kier alpha value is -3.71. The van der Waals surface area contributed by atoms with Crippen molar-refractivity contribution in [2.75, 3.05) is 0 Å². The van der Waals surface area contributed by atoms with Crippen molar-refractivity contribution in [1.82, 2.24) is 4.98 Å². The van der Waals surface area contributed by atoms with Crippen LogP contribution >= 0.6 is 0 Å². The molecule has 0 bridgehead atoms. The minimum Gasteiger partial charge on any atom is -0.248 e. The van der Waals surface area contributed by atoms with E-state index >= 15 is 0 Å². The number of hydrogen-bond donors (Lipinski definition) is 0. The van der Waals surface area contributed by atoms with E-state index in [0.29, 0.717) is 0 Å². The first-order valence-electron chi connectivity index (χ1n) is 10.8. The highest BCUT2D eigenvalue weighted by molar-refractivity contribution is 6.14. The minimum atomic E-state index is 1.03. The molecular weight excluding hydrogens is 374 g/mol. The van der Waals surface area contributed by atoms with E-state index in [1.54, 1.807) is 0 Å². The van der Waals surface area contributed by atoms with Gasteiger partial charge in [0.05, 0.1) is 11.2 Å². The van der Waals surface area contributed by atoms with E-state index in [0.717, 1.165) is 16.8 Å². The van der Waals surface area contributed by atoms with Crippen LogP contribution in [0.3, 0.4) is 0 Å². The SMILES string of the molecule is Cc1cc(C)c(-c2cccc(-c3cc4c5c(cccc5n3)-c3ccccc3-4)c2)c(C)c1. The maximum atomic E-state index is 5.08. The molecule has 0 unspecified atom stereocenters. The van der Waals surface area contributed by atoms with Gasteiger partial charge in [0.15, 0.2) is 0 Å². The predicted molar refractivity (Wildman–Crippen MR) is 131 cm³/mol. The molecule has 1 heterocycles. The zero-order valence-electron chi connectivity index (χ0n) is 18.0. The van der Waals surface area contributed by atoms with Crippen molar-refractivity contribution in [2.24, 2.45) is 0 Å². The van der Waals surface area contributed by atoms with Crippen molar-refractivity contribution in [1.29, 1.82) is 0 Å². The van der Waals surface area contributed by atoms with Crippen LogP contribution in [0.1, 0.15) is 16.7 Å². The third kappa shape index (κ3) is 2.74. The van der Waals surface area contributed by atoms with Gasteiger partial charge in [-0.25, -0.2) is 4.98 Å². The van der Waals surface area contributed by atoms with Crippen LogP contribution in [0.5, 0.6) is 0 Å². The number of fused-ring (bicyclic) bond motifs is 3. The second-order valence-electron chi connectivity index (χ2n) is 8.65. The minimum absolute atomic E-state index is 1.03. The smallest absolute Gasteiger partial charge is 0.0722 e. The summed E-state index contributed by atoms with van der Waals surface area (Å²) in [4.78, 5) is 5.08. The Morgan fingerprint density at radius 2 is 1.19 bits per heavy atom. The van der Waals surface area contributed by atoms with Crippen LogP contribution in [-0.4, -0.2) is 4.98 Å². The molecule has 31 heavy (non-hydrogen) atoms. The van der Waals surface area contributed by atoms with E-state index in [-0.39, 0.29) is 0 Å². The maximum absolute atomic E-state index is 5.08. The van der Waals surface area contributed by atoms with Crippen molar-refractivity contribution < 1.29 is 0 Å². The largest absolute Gasteiger partial charge is 0.248 e. The molecule has 0 saturated carbocycles. The number of benzene rings is 4. The first kappa shape index (κ1) is 18.1. The average Bonchev–Trinajstić information content (AvgIpc) is 3.09. The van der Waals surface area contributed by atoms with Gasteiger partial charge < -0.3 is 0 Å². The van der Waals surface area contributed by atoms with Crippen molar-refractivity contribution in [2.45, 2.75) is 20.8 Å². The van der Waals surface area contributed by atoms with Gasteiger partial charge in [-0.15, -0.1) is 0 Å². The van der Waals surface area contributed by atoms with Crippen molar-refractivity contribution >= 4 is 10.9 Å². The molecule has 0 radical (unpaired) electrons. The predicted octanol–water partition coefficient (Wildman–Crippen LogP) is 8.14. The molecule has 0 atom stereocenters. The molecule has 0 amide bonds. The van der Waals surface area contributed by atoms with Crippen LogP contribution in [0.25, 0.3) is 55.5 Å². The molecule has 0 spiro atoms. The van der Waals surface area contributed by atoms with Crippen LogP contribution in [0.2, 0.25) is 0 Å². The highest BCUT2D eigenvalue weighted by Crippen LogP contribution is 2.47. The summed E-state index contributed by atoms with van der Waals surface area (Å²) in [5.41, 5.74) is 15.0. The molecule has 0 saturated heterocycles. The summed E-state index contributed by atoms with van der Waals surface area (Å²) >= 11 is 0. The molecule has 4 aromatic carbocycles. The highest BCUT2D eigenvalue weighted by Gasteiger charge is 2.22. The number of nitrogens with zero attached hydrogens (tertiary/aromatic N) is 1. The van der Waals surface area contributed by atoms with E-state index in [2.05, 4.69) is 106 Å². The van der Waals surface area contributed by atoms with Crippen LogP contribution in [0.15, 0.2) is 84.9 Å². The van der Waals surface area contributed by atoms with Gasteiger partial charge in [-0.05, 0) is 83.5 Å². The molecule has 0 fully saturated rings. The van der Waals surface area contributed by atoms with E-state index in [9.17, 15) is 0 Å². The molecule has 0 aliphatic heterocycles. The number of pyridine rings is 1. The van der Waals surface area contributed by atoms with Crippen molar-refractivity contribution in [3.63, 3.8) is 0 Å². The lowest BCUT2D eigenvalue weighted by atomic mass is 9.92. The summed E-state index contributed by atoms with van der Waals surface area (Å²) in [5, 5.41) is 1.27. The molecule has 1 aliphatic carbocycles. The standard InChI is InChI=1S/C30H23N/c1-18-14-19(2)29(20(3)15-18)22-9-6-8-21(16-22)28-17-26-24-11-5-4-10-23(24)25-12-7-13-27(31-28)30(25)26/h4-17H,1-3H3. The molecule has 148 valence electrons. The summed E-state index contributed by atoms with van der Waals surface area (Å²) in [5.74, 6) is 0. The first-order chi connectivity index (χ1) is 15.1. The Labute approximate surface area is 183 Å². The van der Waals surface area contributed by atoms with Crippen LogP contribution < -0.4 is 0 Å². The van der Waals surface area contributed by atoms with Gasteiger partial charge in [0.25, 0.3) is 0 Å². The summed E-state index contributed by atoms with van der Waals surface area (Å²) in [7, 11) is 0. The zero-order valence-corrected chi connectivity index (χ0v) is 18.0. The van der Waals surface area contributed by atoms with Crippen LogP contribution in [-0.2, 0) is 0 Å². The van der Waals surface area contributed by atoms with Crippen LogP contribution in [0.4, 0.5) is 0 Å². The third-order valence-electron chi connectivity index (χ3n) is 6.47. The summed E-state index contributed by atoms with van der Waals surface area (Å²) in [6, 6.07) is 30.8. The fourth-order valence-corrected chi connectivity index (χ4v) is 5.29. The zero-order chi connectivity index (χ0) is 21.1. The second-order valence-corrected chi connectivity index (χ2v) is 8.65. The van der Waals surface area contributed by atoms with E-state index in [4.69, 9.17) is 4.98 Å². The quantitative estimate of drug-likeness (QED) is 0.287. The fraction of sp³-hybridized carbons (Fsp3) is 0.100. The molecule has 1 aliphatic rings. The van der Waals surface area contributed by atoms with Gasteiger partial charge in [0, 0.05) is 10.9 Å². The first-order valence-corrected chi connectivity index (χ1v) is 10.8. The van der Waals surface area contributed by atoms with Gasteiger partial charge in [0.2, 0.25) is 0 Å². The third-order valence-corrected chi connectivity index (χ3v) is 6.47. The molecule has 1 heteroatoms. The Morgan fingerprint density at radius 3 is 1.97 bits per heavy atom. The summed E-state index contributed by atoms with van der Waals surface area (Å²) in [6.45, 7) is 6.57. The number of hydrogen-bond acceptors (Lipinski definition) is 1. The Morgan fingerprint density at radius 1 is 0.548 bits per heavy atom. The van der Waals surface area contributed by atoms with E-state index < -0.39 is 0 Å². The lowest BCUT2D eigenvalue weighted by Gasteiger charge is -2.13. The summed E-state index contributed by atoms with van der Waals surface area (Å²) < 4.78 is 0. The maximum Gasteiger partial charge on any atom is 0.0722 e. The molecule has 0 N–H and O–H groups in total. The van der Waals surface area contributed by atoms with E-state index in [1.165, 1.54) is 55.5 Å². The van der Waals surface area contributed by atoms with Gasteiger partial charge in [-0.1, -0.05) is 72.3 Å². The van der Waals surface area contributed by atoms with E-state index in [1.807, 2.05) is 0 Å². The molecular formula is C30H23N. The Kier molecular flexibility index (Phi) is 3.88. The number of aromatic nitrogens is 1. The summed E-state index contributed by atoms with van der Waals surface area (Å²) in [6.07, 6.45) is 0. The van der Waals surface area contributed by atoms with Crippen molar-refractivity contribution in [3.8, 4) is 44.6 Å². The second kappa shape index (κ2) is 6.65. The monoisotopic (exact) mass is 397 g/mol. The topological polar surface area (TPSA) is 12.9 Å². The Bertz CT molecular complexity index is 1480. The Balaban J connectivity index is 1.56. The molecule has 1 aromatic heterocycles. The van der Waals surface area contributed by atoms with Gasteiger partial charge in [-0.2, -0.15) is 0 Å². The lowest BCUT2D eigenvalue weighted by Crippen LogP contribution is -1.92. The van der Waals surface area contributed by atoms with Gasteiger partial charge in [0.1, 0.15) is 0 Å². The number of aryl methyl sites for hydroxylation is 3. The van der Waals surface area contributed by atoms with Gasteiger partial charge in [-0.3, -0.25) is 0 Å². The molecule has 1 nitrogen and oxygen atoms in total. The highest BCUT2D eigenvalue weighted by atomic mass is 14.7. The fourth-order valence-electron chi connectivity index (χ4n) is 5.29. The lowest BCUT2D eigenvalue weighted by molar-refractivity contribution is 1.32.